The Balaban J connectivity index is 0.000000902. The van der Waals surface area contributed by atoms with Crippen LogP contribution >= 0.6 is 0 Å². The third-order valence-electron chi connectivity index (χ3n) is 3.58. The molecule has 94 valence electrons. The van der Waals surface area contributed by atoms with Gasteiger partial charge in [0.1, 0.15) is 26.6 Å². The predicted octanol–water partition coefficient (Wildman–Crippen LogP) is -3.92. The summed E-state index contributed by atoms with van der Waals surface area (Å²) in [5.41, 5.74) is 0. The third kappa shape index (κ3) is 1.84. The highest BCUT2D eigenvalue weighted by Crippen LogP contribution is 2.29. The Morgan fingerprint density at radius 1 is 1.12 bits per heavy atom. The van der Waals surface area contributed by atoms with Gasteiger partial charge in [0, 0.05) is 0 Å². The van der Waals surface area contributed by atoms with Crippen molar-refractivity contribution in [3.63, 3.8) is 0 Å². The molecule has 17 heavy (non-hydrogen) atoms. The SMILES string of the molecule is [Cl-].c1nc(C[N+]23CN4CN(CN(C4)C2)C3)no1. The summed E-state index contributed by atoms with van der Waals surface area (Å²) >= 11 is 0. The maximum atomic E-state index is 4.82. The van der Waals surface area contributed by atoms with Crippen molar-refractivity contribution < 1.29 is 21.4 Å². The molecule has 1 aromatic heterocycles. The van der Waals surface area contributed by atoms with Gasteiger partial charge >= 0.3 is 0 Å². The van der Waals surface area contributed by atoms with E-state index in [0.29, 0.717) is 0 Å². The fourth-order valence-corrected chi connectivity index (χ4v) is 3.37. The summed E-state index contributed by atoms with van der Waals surface area (Å²) in [6, 6.07) is 0. The molecule has 0 saturated carbocycles. The average Bonchev–Trinajstić information content (AvgIpc) is 2.66. The highest BCUT2D eigenvalue weighted by molar-refractivity contribution is 4.79. The summed E-state index contributed by atoms with van der Waals surface area (Å²) in [6.45, 7) is 7.55. The number of halogens is 1. The van der Waals surface area contributed by atoms with Crippen molar-refractivity contribution in [3.05, 3.63) is 12.2 Å². The van der Waals surface area contributed by atoms with E-state index >= 15 is 0 Å². The van der Waals surface area contributed by atoms with Crippen LogP contribution in [0.2, 0.25) is 0 Å². The molecule has 1 aromatic rings. The molecular formula is C9H15ClN6O. The largest absolute Gasteiger partial charge is 1.00 e. The minimum absolute atomic E-state index is 0. The molecule has 0 N–H and O–H groups in total. The monoisotopic (exact) mass is 258 g/mol. The summed E-state index contributed by atoms with van der Waals surface area (Å²) in [6.07, 6.45) is 1.42. The summed E-state index contributed by atoms with van der Waals surface area (Å²) in [5, 5.41) is 3.94. The molecule has 8 heteroatoms. The van der Waals surface area contributed by atoms with Gasteiger partial charge in [-0.2, -0.15) is 4.98 Å². The fourth-order valence-electron chi connectivity index (χ4n) is 3.37. The number of quaternary nitrogens is 1. The van der Waals surface area contributed by atoms with E-state index in [2.05, 4.69) is 24.8 Å². The van der Waals surface area contributed by atoms with E-state index in [-0.39, 0.29) is 12.4 Å². The van der Waals surface area contributed by atoms with Crippen LogP contribution in [0.4, 0.5) is 0 Å². The highest BCUT2D eigenvalue weighted by atomic mass is 35.5. The normalized spacial score (nSPS) is 42.5. The van der Waals surface area contributed by atoms with Crippen LogP contribution in [0.15, 0.2) is 10.9 Å². The van der Waals surface area contributed by atoms with Crippen molar-refractivity contribution in [1.82, 2.24) is 24.8 Å². The maximum absolute atomic E-state index is 4.82. The molecule has 0 amide bonds. The van der Waals surface area contributed by atoms with Crippen LogP contribution in [0.5, 0.6) is 0 Å². The van der Waals surface area contributed by atoms with Gasteiger partial charge in [-0.25, -0.2) is 14.7 Å². The van der Waals surface area contributed by atoms with Gasteiger partial charge in [0.05, 0.1) is 20.0 Å². The topological polar surface area (TPSA) is 48.6 Å². The Kier molecular flexibility index (Phi) is 2.60. The van der Waals surface area contributed by atoms with E-state index in [1.165, 1.54) is 6.39 Å². The zero-order valence-electron chi connectivity index (χ0n) is 9.50. The van der Waals surface area contributed by atoms with Crippen molar-refractivity contribution in [3.8, 4) is 0 Å². The van der Waals surface area contributed by atoms with Crippen LogP contribution in [0.25, 0.3) is 0 Å². The molecule has 7 nitrogen and oxygen atoms in total. The minimum Gasteiger partial charge on any atom is -1.00 e. The molecule has 0 radical (unpaired) electrons. The van der Waals surface area contributed by atoms with Crippen molar-refractivity contribution in [2.45, 2.75) is 6.54 Å². The van der Waals surface area contributed by atoms with Crippen molar-refractivity contribution >= 4 is 0 Å². The van der Waals surface area contributed by atoms with E-state index in [0.717, 1.165) is 56.9 Å². The number of hydrogen-bond donors (Lipinski definition) is 0. The molecule has 0 spiro atoms. The molecule has 4 saturated heterocycles. The zero-order valence-corrected chi connectivity index (χ0v) is 10.3. The standard InChI is InChI=1S/C9H15N6O.ClH/c1(9-10-2-16-11-9)15-6-12-3-13(7-15)5-14(4-12)8-15;/h2H,1,3-8H2;1H/q+1;/p-1. The van der Waals surface area contributed by atoms with E-state index in [1.807, 2.05) is 0 Å². The molecule has 5 rings (SSSR count). The molecule has 0 aromatic carbocycles. The summed E-state index contributed by atoms with van der Waals surface area (Å²) in [4.78, 5) is 11.6. The van der Waals surface area contributed by atoms with E-state index in [4.69, 9.17) is 4.52 Å². The maximum Gasteiger partial charge on any atom is 0.226 e. The molecule has 4 aliphatic heterocycles. The van der Waals surface area contributed by atoms with Gasteiger partial charge < -0.3 is 16.9 Å². The van der Waals surface area contributed by atoms with Gasteiger partial charge in [0.25, 0.3) is 0 Å². The van der Waals surface area contributed by atoms with Crippen LogP contribution < -0.4 is 12.4 Å². The van der Waals surface area contributed by atoms with Crippen LogP contribution in [-0.4, -0.2) is 69.3 Å². The number of nitrogens with zero attached hydrogens (tertiary/aromatic N) is 6. The minimum atomic E-state index is 0. The fraction of sp³-hybridized carbons (Fsp3) is 0.778. The van der Waals surface area contributed by atoms with Gasteiger partial charge in [-0.05, 0) is 0 Å². The number of rotatable bonds is 2. The second kappa shape index (κ2) is 3.89. The molecule has 0 aliphatic carbocycles. The van der Waals surface area contributed by atoms with Crippen LogP contribution in [0, 0.1) is 0 Å². The van der Waals surface area contributed by atoms with Gasteiger partial charge in [0.2, 0.25) is 12.2 Å². The Labute approximate surface area is 106 Å². The van der Waals surface area contributed by atoms with E-state index in [1.54, 1.807) is 0 Å². The van der Waals surface area contributed by atoms with Gasteiger partial charge in [-0.1, -0.05) is 5.16 Å². The van der Waals surface area contributed by atoms with Gasteiger partial charge in [0.15, 0.2) is 0 Å². The van der Waals surface area contributed by atoms with Gasteiger partial charge in [-0.15, -0.1) is 0 Å². The Morgan fingerprint density at radius 3 is 2.18 bits per heavy atom. The quantitative estimate of drug-likeness (QED) is 0.506. The molecule has 0 atom stereocenters. The lowest BCUT2D eigenvalue weighted by atomic mass is 10.3. The second-order valence-corrected chi connectivity index (χ2v) is 5.21. The molecule has 4 fully saturated rings. The smallest absolute Gasteiger partial charge is 0.226 e. The van der Waals surface area contributed by atoms with Crippen molar-refractivity contribution in [2.24, 2.45) is 0 Å². The summed E-state index contributed by atoms with van der Waals surface area (Å²) < 4.78 is 5.84. The first kappa shape index (κ1) is 11.4. The molecular weight excluding hydrogens is 244 g/mol. The van der Waals surface area contributed by atoms with Crippen molar-refractivity contribution in [1.29, 1.82) is 0 Å². The van der Waals surface area contributed by atoms with Crippen LogP contribution in [0.1, 0.15) is 5.82 Å². The predicted molar refractivity (Wildman–Crippen MR) is 53.0 cm³/mol. The lowest BCUT2D eigenvalue weighted by Crippen LogP contribution is -3.00. The average molecular weight is 259 g/mol. The van der Waals surface area contributed by atoms with Crippen molar-refractivity contribution in [2.75, 3.05) is 40.0 Å². The molecule has 0 unspecified atom stereocenters. The molecule has 4 aliphatic rings. The van der Waals surface area contributed by atoms with E-state index < -0.39 is 0 Å². The third-order valence-corrected chi connectivity index (χ3v) is 3.58. The van der Waals surface area contributed by atoms with Crippen LogP contribution in [0.3, 0.4) is 0 Å². The Bertz CT molecular complexity index is 361. The first-order valence-corrected chi connectivity index (χ1v) is 5.59. The summed E-state index contributed by atoms with van der Waals surface area (Å²) in [7, 11) is 0. The lowest BCUT2D eigenvalue weighted by Gasteiger charge is -2.60. The first-order chi connectivity index (χ1) is 7.81. The van der Waals surface area contributed by atoms with Gasteiger partial charge in [-0.3, -0.25) is 4.48 Å². The summed E-state index contributed by atoms with van der Waals surface area (Å²) in [5.74, 6) is 0.825. The lowest BCUT2D eigenvalue weighted by molar-refractivity contribution is -0.992. The first-order valence-electron chi connectivity index (χ1n) is 5.59. The molecule has 4 bridgehead atoms. The number of aromatic nitrogens is 2. The Morgan fingerprint density at radius 2 is 1.71 bits per heavy atom. The second-order valence-electron chi connectivity index (χ2n) is 5.21. The number of hydrogen-bond acceptors (Lipinski definition) is 6. The molecule has 5 heterocycles. The van der Waals surface area contributed by atoms with Crippen LogP contribution in [-0.2, 0) is 6.54 Å². The van der Waals surface area contributed by atoms with E-state index in [9.17, 15) is 0 Å². The Hall–Kier alpha value is -0.730. The zero-order chi connectivity index (χ0) is 10.6. The highest BCUT2D eigenvalue weighted by Gasteiger charge is 2.48.